The Morgan fingerprint density at radius 1 is 1.07 bits per heavy atom. The molecule has 1 aliphatic heterocycles. The minimum absolute atomic E-state index is 0.177. The van der Waals surface area contributed by atoms with Gasteiger partial charge < -0.3 is 9.47 Å². The molecular formula is C21H22N2O4S2. The number of hydrogen-bond acceptors (Lipinski definition) is 6. The van der Waals surface area contributed by atoms with Gasteiger partial charge in [0.2, 0.25) is 10.0 Å². The maximum absolute atomic E-state index is 12.6. The summed E-state index contributed by atoms with van der Waals surface area (Å²) in [7, 11) is -3.62. The first kappa shape index (κ1) is 19.9. The number of aryl methyl sites for hydroxylation is 1. The van der Waals surface area contributed by atoms with Gasteiger partial charge in [-0.1, -0.05) is 24.3 Å². The Morgan fingerprint density at radius 2 is 1.83 bits per heavy atom. The fraction of sp³-hybridized carbons (Fsp3) is 0.286. The van der Waals surface area contributed by atoms with Gasteiger partial charge in [-0.05, 0) is 31.0 Å². The van der Waals surface area contributed by atoms with E-state index < -0.39 is 10.0 Å². The standard InChI is InChI=1S/C21H22N2O4S2/c1-15-23-19(14-28-15)17-5-3-16(4-6-17)9-10-22-29(24,25)18-7-8-20-21(13-18)27-12-2-11-26-20/h3-8,13-14,22H,2,9-12H2,1H3. The van der Waals surface area contributed by atoms with Crippen LogP contribution in [0.25, 0.3) is 11.3 Å². The summed E-state index contributed by atoms with van der Waals surface area (Å²) in [6, 6.07) is 12.8. The van der Waals surface area contributed by atoms with Crippen LogP contribution in [0.15, 0.2) is 52.7 Å². The lowest BCUT2D eigenvalue weighted by molar-refractivity contribution is 0.297. The minimum Gasteiger partial charge on any atom is -0.490 e. The first-order valence-electron chi connectivity index (χ1n) is 9.42. The van der Waals surface area contributed by atoms with Crippen LogP contribution in [0.3, 0.4) is 0 Å². The molecule has 4 rings (SSSR count). The fourth-order valence-corrected chi connectivity index (χ4v) is 4.73. The molecule has 0 saturated heterocycles. The smallest absolute Gasteiger partial charge is 0.240 e. The highest BCUT2D eigenvalue weighted by Crippen LogP contribution is 2.31. The van der Waals surface area contributed by atoms with E-state index in [9.17, 15) is 8.42 Å². The average molecular weight is 431 g/mol. The van der Waals surface area contributed by atoms with Crippen LogP contribution in [0.5, 0.6) is 11.5 Å². The lowest BCUT2D eigenvalue weighted by Crippen LogP contribution is -2.26. The summed E-state index contributed by atoms with van der Waals surface area (Å²) in [6.07, 6.45) is 1.37. The van der Waals surface area contributed by atoms with E-state index in [0.29, 0.717) is 37.7 Å². The zero-order valence-electron chi connectivity index (χ0n) is 16.1. The molecule has 0 fully saturated rings. The molecule has 0 radical (unpaired) electrons. The van der Waals surface area contributed by atoms with E-state index in [-0.39, 0.29) is 4.90 Å². The summed E-state index contributed by atoms with van der Waals surface area (Å²) in [6.45, 7) is 3.38. The van der Waals surface area contributed by atoms with Crippen molar-refractivity contribution in [3.8, 4) is 22.8 Å². The third kappa shape index (κ3) is 4.77. The van der Waals surface area contributed by atoms with Gasteiger partial charge in [-0.25, -0.2) is 18.1 Å². The predicted molar refractivity (Wildman–Crippen MR) is 113 cm³/mol. The third-order valence-electron chi connectivity index (χ3n) is 4.60. The van der Waals surface area contributed by atoms with Crippen molar-refractivity contribution >= 4 is 21.4 Å². The van der Waals surface area contributed by atoms with Crippen LogP contribution in [-0.4, -0.2) is 33.2 Å². The molecule has 6 nitrogen and oxygen atoms in total. The molecule has 0 saturated carbocycles. The van der Waals surface area contributed by atoms with Crippen molar-refractivity contribution in [2.75, 3.05) is 19.8 Å². The topological polar surface area (TPSA) is 77.5 Å². The van der Waals surface area contributed by atoms with E-state index >= 15 is 0 Å². The molecule has 1 N–H and O–H groups in total. The van der Waals surface area contributed by atoms with E-state index in [1.165, 1.54) is 6.07 Å². The van der Waals surface area contributed by atoms with Crippen LogP contribution in [0, 0.1) is 6.92 Å². The number of aromatic nitrogens is 1. The first-order chi connectivity index (χ1) is 14.0. The highest BCUT2D eigenvalue weighted by Gasteiger charge is 2.18. The van der Waals surface area contributed by atoms with Crippen LogP contribution in [0.1, 0.15) is 17.0 Å². The molecule has 2 aromatic carbocycles. The number of fused-ring (bicyclic) bond motifs is 1. The molecule has 1 aliphatic rings. The summed E-state index contributed by atoms with van der Waals surface area (Å²) in [5.74, 6) is 1.05. The molecule has 0 spiro atoms. The lowest BCUT2D eigenvalue weighted by atomic mass is 10.1. The van der Waals surface area contributed by atoms with Crippen molar-refractivity contribution in [1.82, 2.24) is 9.71 Å². The van der Waals surface area contributed by atoms with E-state index in [1.807, 2.05) is 36.6 Å². The van der Waals surface area contributed by atoms with Crippen LogP contribution in [-0.2, 0) is 16.4 Å². The van der Waals surface area contributed by atoms with Gasteiger partial charge in [-0.15, -0.1) is 11.3 Å². The number of benzene rings is 2. The summed E-state index contributed by atoms with van der Waals surface area (Å²) in [5, 5.41) is 3.07. The molecule has 0 unspecified atom stereocenters. The second-order valence-corrected chi connectivity index (χ2v) is 9.58. The van der Waals surface area contributed by atoms with Crippen LogP contribution in [0.4, 0.5) is 0 Å². The monoisotopic (exact) mass is 430 g/mol. The highest BCUT2D eigenvalue weighted by atomic mass is 32.2. The molecule has 152 valence electrons. The summed E-state index contributed by atoms with van der Waals surface area (Å²) in [5.41, 5.74) is 3.09. The maximum atomic E-state index is 12.6. The second-order valence-electron chi connectivity index (χ2n) is 6.76. The molecule has 0 bridgehead atoms. The Labute approximate surface area is 174 Å². The Hall–Kier alpha value is -2.42. The number of nitrogens with one attached hydrogen (secondary N) is 1. The van der Waals surface area contributed by atoms with Gasteiger partial charge in [0.25, 0.3) is 0 Å². The van der Waals surface area contributed by atoms with Crippen LogP contribution in [0.2, 0.25) is 0 Å². The number of rotatable bonds is 6. The van der Waals surface area contributed by atoms with E-state index in [0.717, 1.165) is 28.2 Å². The molecule has 3 aromatic rings. The SMILES string of the molecule is Cc1nc(-c2ccc(CCNS(=O)(=O)c3ccc4c(c3)OCCCO4)cc2)cs1. The lowest BCUT2D eigenvalue weighted by Gasteiger charge is -2.11. The Morgan fingerprint density at radius 3 is 2.55 bits per heavy atom. The normalized spacial score (nSPS) is 13.8. The quantitative estimate of drug-likeness (QED) is 0.644. The molecule has 2 heterocycles. The van der Waals surface area contributed by atoms with E-state index in [2.05, 4.69) is 9.71 Å². The van der Waals surface area contributed by atoms with Gasteiger partial charge >= 0.3 is 0 Å². The molecule has 0 aliphatic carbocycles. The van der Waals surface area contributed by atoms with Gasteiger partial charge in [0.05, 0.1) is 28.8 Å². The maximum Gasteiger partial charge on any atom is 0.240 e. The van der Waals surface area contributed by atoms with Gasteiger partial charge in [0.15, 0.2) is 11.5 Å². The van der Waals surface area contributed by atoms with E-state index in [1.54, 1.807) is 23.5 Å². The Bertz CT molecular complexity index is 1090. The van der Waals surface area contributed by atoms with Gasteiger partial charge in [-0.3, -0.25) is 0 Å². The number of thiazole rings is 1. The van der Waals surface area contributed by atoms with Crippen molar-refractivity contribution in [2.45, 2.75) is 24.7 Å². The largest absolute Gasteiger partial charge is 0.490 e. The van der Waals surface area contributed by atoms with Crippen molar-refractivity contribution in [1.29, 1.82) is 0 Å². The predicted octanol–water partition coefficient (Wildman–Crippen LogP) is 3.80. The number of sulfonamides is 1. The summed E-state index contributed by atoms with van der Waals surface area (Å²) >= 11 is 1.62. The summed E-state index contributed by atoms with van der Waals surface area (Å²) in [4.78, 5) is 4.66. The minimum atomic E-state index is -3.62. The van der Waals surface area contributed by atoms with E-state index in [4.69, 9.17) is 9.47 Å². The van der Waals surface area contributed by atoms with Crippen LogP contribution < -0.4 is 14.2 Å². The molecule has 0 atom stereocenters. The molecule has 8 heteroatoms. The van der Waals surface area contributed by atoms with Gasteiger partial charge in [-0.2, -0.15) is 0 Å². The van der Waals surface area contributed by atoms with Crippen LogP contribution >= 0.6 is 11.3 Å². The first-order valence-corrected chi connectivity index (χ1v) is 11.8. The molecule has 1 aromatic heterocycles. The van der Waals surface area contributed by atoms with Crippen molar-refractivity contribution in [3.05, 3.63) is 58.4 Å². The third-order valence-corrected chi connectivity index (χ3v) is 6.84. The Kier molecular flexibility index (Phi) is 5.84. The van der Waals surface area contributed by atoms with Crippen molar-refractivity contribution < 1.29 is 17.9 Å². The summed E-state index contributed by atoms with van der Waals surface area (Å²) < 4.78 is 39.0. The zero-order valence-corrected chi connectivity index (χ0v) is 17.7. The van der Waals surface area contributed by atoms with Crippen molar-refractivity contribution in [3.63, 3.8) is 0 Å². The van der Waals surface area contributed by atoms with Crippen molar-refractivity contribution in [2.24, 2.45) is 0 Å². The fourth-order valence-electron chi connectivity index (χ4n) is 3.06. The number of hydrogen-bond donors (Lipinski definition) is 1. The van der Waals surface area contributed by atoms with Gasteiger partial charge in [0.1, 0.15) is 0 Å². The highest BCUT2D eigenvalue weighted by molar-refractivity contribution is 7.89. The zero-order chi connectivity index (χ0) is 20.3. The second kappa shape index (κ2) is 8.52. The Balaban J connectivity index is 1.38. The molecule has 29 heavy (non-hydrogen) atoms. The van der Waals surface area contributed by atoms with Gasteiger partial charge in [0, 0.05) is 30.0 Å². The number of nitrogens with zero attached hydrogens (tertiary/aromatic N) is 1. The average Bonchev–Trinajstić information content (AvgIpc) is 3.01. The number of ether oxygens (including phenoxy) is 2. The molecule has 0 amide bonds. The molecular weight excluding hydrogens is 408 g/mol.